The lowest BCUT2D eigenvalue weighted by molar-refractivity contribution is -0.118. The molecule has 8 heteroatoms. The molecule has 2 aromatic rings. The van der Waals surface area contributed by atoms with Crippen LogP contribution in [0, 0.1) is 5.92 Å². The van der Waals surface area contributed by atoms with E-state index in [1.165, 1.54) is 22.5 Å². The van der Waals surface area contributed by atoms with Gasteiger partial charge in [-0.3, -0.25) is 9.59 Å². The third-order valence-corrected chi connectivity index (χ3v) is 7.48. The van der Waals surface area contributed by atoms with Gasteiger partial charge >= 0.3 is 0 Å². The molecule has 2 aromatic carbocycles. The lowest BCUT2D eigenvalue weighted by Gasteiger charge is -2.36. The van der Waals surface area contributed by atoms with Crippen LogP contribution in [0.1, 0.15) is 25.3 Å². The van der Waals surface area contributed by atoms with Crippen LogP contribution < -0.4 is 10.6 Å². The second-order valence-electron chi connectivity index (χ2n) is 8.01. The maximum atomic E-state index is 13.2. The van der Waals surface area contributed by atoms with Gasteiger partial charge in [0.05, 0.1) is 4.90 Å². The summed E-state index contributed by atoms with van der Waals surface area (Å²) in [5.41, 5.74) is 1.52. The third kappa shape index (κ3) is 6.05. The van der Waals surface area contributed by atoms with E-state index in [1.807, 2.05) is 37.3 Å². The van der Waals surface area contributed by atoms with Crippen LogP contribution in [0.15, 0.2) is 72.1 Å². The van der Waals surface area contributed by atoms with Gasteiger partial charge < -0.3 is 10.6 Å². The quantitative estimate of drug-likeness (QED) is 0.598. The van der Waals surface area contributed by atoms with E-state index in [2.05, 4.69) is 17.2 Å². The van der Waals surface area contributed by atoms with Crippen molar-refractivity contribution < 1.29 is 18.0 Å². The van der Waals surface area contributed by atoms with E-state index in [0.717, 1.165) is 5.56 Å². The van der Waals surface area contributed by atoms with Crippen molar-refractivity contribution in [3.8, 4) is 0 Å². The van der Waals surface area contributed by atoms with Crippen molar-refractivity contribution in [3.05, 3.63) is 72.8 Å². The minimum Gasteiger partial charge on any atom is -0.349 e. The van der Waals surface area contributed by atoms with Crippen LogP contribution in [0.25, 0.3) is 0 Å². The molecular formula is C24H29N3O4S. The Morgan fingerprint density at radius 1 is 1.16 bits per heavy atom. The van der Waals surface area contributed by atoms with Gasteiger partial charge in [-0.2, -0.15) is 4.31 Å². The highest BCUT2D eigenvalue weighted by Crippen LogP contribution is 2.25. The van der Waals surface area contributed by atoms with Crippen molar-refractivity contribution in [1.82, 2.24) is 9.62 Å². The molecule has 1 fully saturated rings. The van der Waals surface area contributed by atoms with Crippen molar-refractivity contribution in [2.75, 3.05) is 18.4 Å². The monoisotopic (exact) mass is 455 g/mol. The summed E-state index contributed by atoms with van der Waals surface area (Å²) in [7, 11) is -3.72. The van der Waals surface area contributed by atoms with Gasteiger partial charge in [-0.25, -0.2) is 8.42 Å². The summed E-state index contributed by atoms with van der Waals surface area (Å²) in [6.45, 7) is 5.98. The molecule has 170 valence electrons. The molecule has 32 heavy (non-hydrogen) atoms. The third-order valence-electron chi connectivity index (χ3n) is 5.62. The minimum absolute atomic E-state index is 0.0386. The zero-order valence-electron chi connectivity index (χ0n) is 18.2. The van der Waals surface area contributed by atoms with Gasteiger partial charge in [0, 0.05) is 31.2 Å². The fourth-order valence-electron chi connectivity index (χ4n) is 3.79. The molecule has 1 aliphatic rings. The second-order valence-corrected chi connectivity index (χ2v) is 9.95. The summed E-state index contributed by atoms with van der Waals surface area (Å²) < 4.78 is 27.8. The average Bonchev–Trinajstić information content (AvgIpc) is 2.79. The summed E-state index contributed by atoms with van der Waals surface area (Å²) in [5.74, 6) is -0.465. The number of hydrogen-bond donors (Lipinski definition) is 2. The highest BCUT2D eigenvalue weighted by Gasteiger charge is 2.34. The first-order chi connectivity index (χ1) is 15.3. The van der Waals surface area contributed by atoms with Crippen LogP contribution >= 0.6 is 0 Å². The lowest BCUT2D eigenvalue weighted by atomic mass is 9.95. The first kappa shape index (κ1) is 23.7. The van der Waals surface area contributed by atoms with E-state index in [-0.39, 0.29) is 28.7 Å². The van der Waals surface area contributed by atoms with E-state index < -0.39 is 10.0 Å². The van der Waals surface area contributed by atoms with E-state index >= 15 is 0 Å². The van der Waals surface area contributed by atoms with Crippen molar-refractivity contribution in [2.45, 2.75) is 37.1 Å². The predicted octanol–water partition coefficient (Wildman–Crippen LogP) is 2.96. The summed E-state index contributed by atoms with van der Waals surface area (Å²) in [6, 6.07) is 16.0. The number of nitrogens with zero attached hydrogens (tertiary/aromatic N) is 1. The fraction of sp³-hybridized carbons (Fsp3) is 0.333. The van der Waals surface area contributed by atoms with E-state index in [4.69, 9.17) is 0 Å². The molecule has 0 bridgehead atoms. The van der Waals surface area contributed by atoms with E-state index in [0.29, 0.717) is 38.0 Å². The smallest absolute Gasteiger partial charge is 0.243 e. The fourth-order valence-corrected chi connectivity index (χ4v) is 5.39. The number of anilines is 1. The van der Waals surface area contributed by atoms with Crippen molar-refractivity contribution in [2.24, 2.45) is 5.92 Å². The minimum atomic E-state index is -3.72. The van der Waals surface area contributed by atoms with Crippen molar-refractivity contribution >= 4 is 27.5 Å². The van der Waals surface area contributed by atoms with Crippen molar-refractivity contribution in [3.63, 3.8) is 0 Å². The number of carbonyl (C=O) groups is 2. The Kier molecular flexibility index (Phi) is 7.82. The van der Waals surface area contributed by atoms with Gasteiger partial charge in [0.1, 0.15) is 0 Å². The second kappa shape index (κ2) is 10.6. The molecular weight excluding hydrogens is 426 g/mol. The molecule has 0 aliphatic carbocycles. The van der Waals surface area contributed by atoms with Crippen molar-refractivity contribution in [1.29, 1.82) is 0 Å². The number of carbonyl (C=O) groups excluding carboxylic acids is 2. The SMILES string of the molecule is C=CC(=O)NC1CCN(S(=O)(=O)c2cccc(NC(=O)CCc3ccccc3)c2)CC1C. The largest absolute Gasteiger partial charge is 0.349 e. The molecule has 0 aromatic heterocycles. The molecule has 0 saturated carbocycles. The number of nitrogens with one attached hydrogen (secondary N) is 2. The van der Waals surface area contributed by atoms with Crippen LogP contribution in [-0.2, 0) is 26.0 Å². The molecule has 3 rings (SSSR count). The average molecular weight is 456 g/mol. The van der Waals surface area contributed by atoms with Gasteiger partial charge in [-0.05, 0) is 48.6 Å². The van der Waals surface area contributed by atoms with Crippen LogP contribution in [0.5, 0.6) is 0 Å². The summed E-state index contributed by atoms with van der Waals surface area (Å²) in [4.78, 5) is 24.0. The zero-order chi connectivity index (χ0) is 23.1. The standard InChI is InChI=1S/C24H29N3O4S/c1-3-23(28)26-22-14-15-27(17-18(22)2)32(30,31)21-11-7-10-20(16-21)25-24(29)13-12-19-8-5-4-6-9-19/h3-11,16,18,22H,1,12-15,17H2,2H3,(H,25,29)(H,26,28). The number of rotatable bonds is 8. The lowest BCUT2D eigenvalue weighted by Crippen LogP contribution is -2.51. The Bertz CT molecular complexity index is 1070. The predicted molar refractivity (Wildman–Crippen MR) is 125 cm³/mol. The molecule has 7 nitrogen and oxygen atoms in total. The molecule has 0 spiro atoms. The first-order valence-corrected chi connectivity index (χ1v) is 12.1. The maximum Gasteiger partial charge on any atom is 0.243 e. The normalized spacial score (nSPS) is 19.2. The van der Waals surface area contributed by atoms with Gasteiger partial charge in [-0.1, -0.05) is 49.9 Å². The molecule has 2 atom stereocenters. The molecule has 1 aliphatic heterocycles. The summed E-state index contributed by atoms with van der Waals surface area (Å²) >= 11 is 0. The Morgan fingerprint density at radius 2 is 1.91 bits per heavy atom. The van der Waals surface area contributed by atoms with E-state index in [1.54, 1.807) is 12.1 Å². The molecule has 0 radical (unpaired) electrons. The summed E-state index contributed by atoms with van der Waals surface area (Å²) in [5, 5.41) is 5.65. The Balaban J connectivity index is 1.62. The van der Waals surface area contributed by atoms with E-state index in [9.17, 15) is 18.0 Å². The number of sulfonamides is 1. The van der Waals surface area contributed by atoms with Crippen LogP contribution in [0.2, 0.25) is 0 Å². The molecule has 1 saturated heterocycles. The first-order valence-electron chi connectivity index (χ1n) is 10.7. The van der Waals surface area contributed by atoms with Crippen LogP contribution in [0.3, 0.4) is 0 Å². The zero-order valence-corrected chi connectivity index (χ0v) is 19.0. The van der Waals surface area contributed by atoms with Gasteiger partial charge in [-0.15, -0.1) is 0 Å². The Hall–Kier alpha value is -2.97. The number of amides is 2. The highest BCUT2D eigenvalue weighted by molar-refractivity contribution is 7.89. The Labute approximate surface area is 189 Å². The molecule has 2 unspecified atom stereocenters. The number of benzene rings is 2. The number of aryl methyl sites for hydroxylation is 1. The number of piperidine rings is 1. The van der Waals surface area contributed by atoms with Crippen LogP contribution in [-0.4, -0.2) is 43.7 Å². The molecule has 1 heterocycles. The van der Waals surface area contributed by atoms with Gasteiger partial charge in [0.25, 0.3) is 0 Å². The van der Waals surface area contributed by atoms with Gasteiger partial charge in [0.2, 0.25) is 21.8 Å². The van der Waals surface area contributed by atoms with Gasteiger partial charge in [0.15, 0.2) is 0 Å². The van der Waals surface area contributed by atoms with Crippen LogP contribution in [0.4, 0.5) is 5.69 Å². The number of hydrogen-bond acceptors (Lipinski definition) is 4. The highest BCUT2D eigenvalue weighted by atomic mass is 32.2. The maximum absolute atomic E-state index is 13.2. The molecule has 2 amide bonds. The Morgan fingerprint density at radius 3 is 2.59 bits per heavy atom. The topological polar surface area (TPSA) is 95.6 Å². The summed E-state index contributed by atoms with van der Waals surface area (Å²) in [6.07, 6.45) is 2.66. The molecule has 2 N–H and O–H groups in total.